The Labute approximate surface area is 78.9 Å². The lowest BCUT2D eigenvalue weighted by molar-refractivity contribution is 1.12. The Balaban J connectivity index is 2.52. The summed E-state index contributed by atoms with van der Waals surface area (Å²) in [6.07, 6.45) is 0. The molecule has 0 saturated carbocycles. The van der Waals surface area contributed by atoms with Crippen molar-refractivity contribution in [1.82, 2.24) is 0 Å². The van der Waals surface area contributed by atoms with Gasteiger partial charge in [-0.1, -0.05) is 36.4 Å². The Morgan fingerprint density at radius 2 is 2.08 bits per heavy atom. The zero-order chi connectivity index (χ0) is 8.72. The zero-order valence-electron chi connectivity index (χ0n) is 7.16. The van der Waals surface area contributed by atoms with Crippen molar-refractivity contribution in [3.63, 3.8) is 0 Å². The molecule has 2 atom stereocenters. The third-order valence-corrected chi connectivity index (χ3v) is 5.61. The summed E-state index contributed by atoms with van der Waals surface area (Å²) in [5, 5.41) is 0. The summed E-state index contributed by atoms with van der Waals surface area (Å²) in [6.45, 7) is 2.20. The fourth-order valence-corrected chi connectivity index (χ4v) is 3.53. The molecule has 2 rings (SSSR count). The summed E-state index contributed by atoms with van der Waals surface area (Å²) >= 11 is 6.27. The van der Waals surface area contributed by atoms with E-state index in [0.29, 0.717) is 5.66 Å². The van der Waals surface area contributed by atoms with Crippen molar-refractivity contribution in [3.05, 3.63) is 29.8 Å². The average molecular weight is 200 g/mol. The maximum Gasteiger partial charge on any atom is 0.0963 e. The van der Waals surface area contributed by atoms with E-state index in [1.54, 1.807) is 0 Å². The van der Waals surface area contributed by atoms with E-state index in [1.807, 2.05) is 0 Å². The van der Waals surface area contributed by atoms with Crippen LogP contribution in [-0.2, 0) is 0 Å². The van der Waals surface area contributed by atoms with Crippen molar-refractivity contribution in [2.75, 3.05) is 11.7 Å². The number of hydrogen-bond donors (Lipinski definition) is 0. The molecule has 3 heteroatoms. The predicted octanol–water partition coefficient (Wildman–Crippen LogP) is 3.75. The normalized spacial score (nSPS) is 27.4. The van der Waals surface area contributed by atoms with Gasteiger partial charge in [-0.15, -0.1) is 0 Å². The minimum absolute atomic E-state index is 0.503. The van der Waals surface area contributed by atoms with Crippen LogP contribution in [0.2, 0.25) is 0 Å². The molecule has 0 amide bonds. The van der Waals surface area contributed by atoms with E-state index in [0.717, 1.165) is 0 Å². The summed E-state index contributed by atoms with van der Waals surface area (Å²) in [5.74, 6) is 0. The zero-order valence-corrected chi connectivity index (χ0v) is 8.81. The molecule has 1 aliphatic rings. The first-order valence-electron chi connectivity index (χ1n) is 3.99. The van der Waals surface area contributed by atoms with Gasteiger partial charge < -0.3 is 4.67 Å². The third kappa shape index (κ3) is 1.04. The summed E-state index contributed by atoms with van der Waals surface area (Å²) in [6, 6.07) is 8.44. The van der Waals surface area contributed by atoms with Crippen LogP contribution >= 0.6 is 18.7 Å². The van der Waals surface area contributed by atoms with E-state index in [-0.39, 0.29) is 0 Å². The molecule has 0 bridgehead atoms. The molecule has 1 heterocycles. The maximum atomic E-state index is 6.27. The molecule has 0 radical (unpaired) electrons. The van der Waals surface area contributed by atoms with Crippen LogP contribution in [0.4, 0.5) is 5.69 Å². The second kappa shape index (κ2) is 2.90. The van der Waals surface area contributed by atoms with Crippen LogP contribution in [-0.4, -0.2) is 7.05 Å². The highest BCUT2D eigenvalue weighted by Gasteiger charge is 2.31. The summed E-state index contributed by atoms with van der Waals surface area (Å²) < 4.78 is 2.19. The molecular formula is C9H11ClNP. The van der Waals surface area contributed by atoms with Gasteiger partial charge in [0.1, 0.15) is 0 Å². The molecular weight excluding hydrogens is 189 g/mol. The Bertz CT molecular complexity index is 273. The molecule has 0 fully saturated rings. The van der Waals surface area contributed by atoms with Crippen LogP contribution in [0, 0.1) is 0 Å². The number of anilines is 1. The highest BCUT2D eigenvalue weighted by Crippen LogP contribution is 2.65. The number of fused-ring (bicyclic) bond motifs is 1. The van der Waals surface area contributed by atoms with E-state index < -0.39 is 7.43 Å². The first kappa shape index (κ1) is 8.34. The number of para-hydroxylation sites is 1. The SMILES string of the molecule is CC1c2ccccc2N(C)P1Cl. The van der Waals surface area contributed by atoms with Crippen molar-refractivity contribution < 1.29 is 0 Å². The minimum Gasteiger partial charge on any atom is -0.340 e. The van der Waals surface area contributed by atoms with Gasteiger partial charge in [0.25, 0.3) is 0 Å². The predicted molar refractivity (Wildman–Crippen MR) is 56.0 cm³/mol. The van der Waals surface area contributed by atoms with Gasteiger partial charge in [-0.3, -0.25) is 0 Å². The lowest BCUT2D eigenvalue weighted by Gasteiger charge is -2.17. The van der Waals surface area contributed by atoms with Gasteiger partial charge in [-0.05, 0) is 11.6 Å². The molecule has 64 valence electrons. The standard InChI is InChI=1S/C9H11ClNP/c1-7-8-5-3-4-6-9(8)11(2)12(7)10/h3-7H,1-2H3. The van der Waals surface area contributed by atoms with Gasteiger partial charge in [0, 0.05) is 18.4 Å². The molecule has 1 nitrogen and oxygen atoms in total. The molecule has 1 aromatic carbocycles. The smallest absolute Gasteiger partial charge is 0.0963 e. The second-order valence-corrected chi connectivity index (χ2v) is 6.04. The molecule has 0 aromatic heterocycles. The fraction of sp³-hybridized carbons (Fsp3) is 0.333. The summed E-state index contributed by atoms with van der Waals surface area (Å²) in [7, 11) is 1.56. The Morgan fingerprint density at radius 3 is 2.75 bits per heavy atom. The third-order valence-electron chi connectivity index (χ3n) is 2.34. The Hall–Kier alpha value is -0.260. The van der Waals surface area contributed by atoms with Crippen LogP contribution in [0.5, 0.6) is 0 Å². The van der Waals surface area contributed by atoms with Crippen molar-refractivity contribution >= 4 is 24.4 Å². The lowest BCUT2D eigenvalue weighted by Crippen LogP contribution is -2.01. The Kier molecular flexibility index (Phi) is 2.02. The van der Waals surface area contributed by atoms with E-state index in [2.05, 4.69) is 42.9 Å². The second-order valence-electron chi connectivity index (χ2n) is 3.05. The topological polar surface area (TPSA) is 3.24 Å². The van der Waals surface area contributed by atoms with Gasteiger partial charge >= 0.3 is 0 Å². The minimum atomic E-state index is -0.509. The molecule has 12 heavy (non-hydrogen) atoms. The summed E-state index contributed by atoms with van der Waals surface area (Å²) in [5.41, 5.74) is 3.19. The number of nitrogens with zero attached hydrogens (tertiary/aromatic N) is 1. The molecule has 1 aliphatic heterocycles. The molecule has 0 N–H and O–H groups in total. The molecule has 1 aromatic rings. The van der Waals surface area contributed by atoms with Crippen molar-refractivity contribution in [2.24, 2.45) is 0 Å². The highest BCUT2D eigenvalue weighted by atomic mass is 35.7. The van der Waals surface area contributed by atoms with E-state index in [9.17, 15) is 0 Å². The van der Waals surface area contributed by atoms with Gasteiger partial charge in [-0.2, -0.15) is 0 Å². The first-order valence-corrected chi connectivity index (χ1v) is 6.26. The molecule has 0 aliphatic carbocycles. The van der Waals surface area contributed by atoms with Gasteiger partial charge in [0.05, 0.1) is 7.43 Å². The van der Waals surface area contributed by atoms with Crippen LogP contribution in [0.15, 0.2) is 24.3 Å². The average Bonchev–Trinajstić information content (AvgIpc) is 2.33. The fourth-order valence-electron chi connectivity index (χ4n) is 1.61. The van der Waals surface area contributed by atoms with Gasteiger partial charge in [-0.25, -0.2) is 0 Å². The van der Waals surface area contributed by atoms with Crippen LogP contribution < -0.4 is 4.67 Å². The number of rotatable bonds is 0. The first-order chi connectivity index (χ1) is 5.72. The van der Waals surface area contributed by atoms with E-state index in [1.165, 1.54) is 11.3 Å². The number of benzene rings is 1. The van der Waals surface area contributed by atoms with E-state index in [4.69, 9.17) is 11.2 Å². The Morgan fingerprint density at radius 1 is 1.42 bits per heavy atom. The highest BCUT2D eigenvalue weighted by molar-refractivity contribution is 7.85. The molecule has 2 unspecified atom stereocenters. The van der Waals surface area contributed by atoms with Crippen molar-refractivity contribution in [1.29, 1.82) is 0 Å². The van der Waals surface area contributed by atoms with Gasteiger partial charge in [0.2, 0.25) is 0 Å². The molecule has 0 saturated heterocycles. The van der Waals surface area contributed by atoms with E-state index >= 15 is 0 Å². The quantitative estimate of drug-likeness (QED) is 0.576. The summed E-state index contributed by atoms with van der Waals surface area (Å²) in [4.78, 5) is 0. The van der Waals surface area contributed by atoms with Crippen LogP contribution in [0.25, 0.3) is 0 Å². The number of hydrogen-bond acceptors (Lipinski definition) is 1. The van der Waals surface area contributed by atoms with Crippen LogP contribution in [0.1, 0.15) is 18.1 Å². The monoisotopic (exact) mass is 199 g/mol. The number of halogens is 1. The lowest BCUT2D eigenvalue weighted by atomic mass is 10.1. The van der Waals surface area contributed by atoms with Crippen molar-refractivity contribution in [2.45, 2.75) is 12.6 Å². The van der Waals surface area contributed by atoms with Crippen LogP contribution in [0.3, 0.4) is 0 Å². The molecule has 0 spiro atoms. The largest absolute Gasteiger partial charge is 0.340 e. The van der Waals surface area contributed by atoms with Crippen molar-refractivity contribution in [3.8, 4) is 0 Å². The van der Waals surface area contributed by atoms with Gasteiger partial charge in [0.15, 0.2) is 0 Å². The maximum absolute atomic E-state index is 6.27.